The lowest BCUT2D eigenvalue weighted by molar-refractivity contribution is -0.122. The van der Waals surface area contributed by atoms with Crippen LogP contribution in [0.25, 0.3) is 0 Å². The first-order valence-corrected chi connectivity index (χ1v) is 12.3. The van der Waals surface area contributed by atoms with Crippen molar-refractivity contribution in [1.82, 2.24) is 0 Å². The van der Waals surface area contributed by atoms with Crippen LogP contribution in [0.15, 0.2) is 66.7 Å². The molecule has 5 nitrogen and oxygen atoms in total. The Bertz CT molecular complexity index is 1210. The van der Waals surface area contributed by atoms with E-state index in [1.54, 1.807) is 31.2 Å². The number of ether oxygens (including phenoxy) is 1. The molecular weight excluding hydrogens is 436 g/mol. The summed E-state index contributed by atoms with van der Waals surface area (Å²) >= 11 is 0. The quantitative estimate of drug-likeness (QED) is 0.431. The SMILES string of the molecule is C[C@@H](Oc1ccc2c(c1)CCCC2)C(=O)Nc1cccc(NC(=O)c2ccc(C(C)(C)C)cc2)c1. The summed E-state index contributed by atoms with van der Waals surface area (Å²) in [5, 5.41) is 5.79. The second kappa shape index (κ2) is 10.3. The van der Waals surface area contributed by atoms with E-state index in [4.69, 9.17) is 4.74 Å². The Morgan fingerprint density at radius 3 is 2.17 bits per heavy atom. The molecule has 1 atom stereocenters. The molecule has 0 saturated carbocycles. The molecule has 1 aliphatic rings. The normalized spacial score (nSPS) is 13.9. The first-order valence-electron chi connectivity index (χ1n) is 12.3. The molecule has 0 saturated heterocycles. The van der Waals surface area contributed by atoms with Crippen LogP contribution in [0.5, 0.6) is 5.75 Å². The number of anilines is 2. The van der Waals surface area contributed by atoms with Gasteiger partial charge in [-0.3, -0.25) is 9.59 Å². The predicted octanol–water partition coefficient (Wildman–Crippen LogP) is 6.52. The predicted molar refractivity (Wildman–Crippen MR) is 141 cm³/mol. The van der Waals surface area contributed by atoms with E-state index in [0.29, 0.717) is 22.7 Å². The fourth-order valence-corrected chi connectivity index (χ4v) is 4.28. The summed E-state index contributed by atoms with van der Waals surface area (Å²) < 4.78 is 5.92. The van der Waals surface area contributed by atoms with Crippen molar-refractivity contribution < 1.29 is 14.3 Å². The van der Waals surface area contributed by atoms with E-state index in [0.717, 1.165) is 12.8 Å². The van der Waals surface area contributed by atoms with Crippen LogP contribution in [-0.4, -0.2) is 17.9 Å². The highest BCUT2D eigenvalue weighted by Crippen LogP contribution is 2.26. The van der Waals surface area contributed by atoms with E-state index in [9.17, 15) is 9.59 Å². The summed E-state index contributed by atoms with van der Waals surface area (Å²) in [6, 6.07) is 20.9. The summed E-state index contributed by atoms with van der Waals surface area (Å²) in [5.74, 6) is 0.272. The largest absolute Gasteiger partial charge is 0.481 e. The molecule has 3 aromatic carbocycles. The van der Waals surface area contributed by atoms with Crippen LogP contribution >= 0.6 is 0 Å². The maximum atomic E-state index is 12.7. The van der Waals surface area contributed by atoms with Crippen molar-refractivity contribution in [2.24, 2.45) is 0 Å². The molecule has 0 radical (unpaired) electrons. The van der Waals surface area contributed by atoms with Crippen molar-refractivity contribution in [2.45, 2.75) is 64.9 Å². The standard InChI is InChI=1S/C30H34N2O3/c1-20(35-27-17-14-21-8-5-6-9-23(21)18-27)28(33)31-25-10-7-11-26(19-25)32-29(34)22-12-15-24(16-13-22)30(2,3)4/h7,10-20H,5-6,8-9H2,1-4H3,(H,31,33)(H,32,34)/t20-/m1/s1. The second-order valence-electron chi connectivity index (χ2n) is 10.2. The Hall–Kier alpha value is -3.60. The van der Waals surface area contributed by atoms with Crippen molar-refractivity contribution in [1.29, 1.82) is 0 Å². The topological polar surface area (TPSA) is 67.4 Å². The number of nitrogens with one attached hydrogen (secondary N) is 2. The van der Waals surface area contributed by atoms with Crippen molar-refractivity contribution in [3.8, 4) is 5.75 Å². The molecule has 2 N–H and O–H groups in total. The van der Waals surface area contributed by atoms with Crippen LogP contribution in [0, 0.1) is 0 Å². The zero-order chi connectivity index (χ0) is 25.0. The van der Waals surface area contributed by atoms with Crippen LogP contribution < -0.4 is 15.4 Å². The Kier molecular flexibility index (Phi) is 7.25. The number of hydrogen-bond donors (Lipinski definition) is 2. The lowest BCUT2D eigenvalue weighted by Crippen LogP contribution is -2.30. The minimum Gasteiger partial charge on any atom is -0.481 e. The minimum absolute atomic E-state index is 0.0301. The lowest BCUT2D eigenvalue weighted by atomic mass is 9.87. The first kappa shape index (κ1) is 24.5. The zero-order valence-electron chi connectivity index (χ0n) is 21.0. The van der Waals surface area contributed by atoms with Gasteiger partial charge in [-0.05, 0) is 97.2 Å². The highest BCUT2D eigenvalue weighted by Gasteiger charge is 2.18. The van der Waals surface area contributed by atoms with E-state index in [1.807, 2.05) is 30.3 Å². The third-order valence-corrected chi connectivity index (χ3v) is 6.40. The van der Waals surface area contributed by atoms with E-state index in [-0.39, 0.29) is 17.2 Å². The van der Waals surface area contributed by atoms with Gasteiger partial charge in [0.2, 0.25) is 0 Å². The molecule has 35 heavy (non-hydrogen) atoms. The van der Waals surface area contributed by atoms with Gasteiger partial charge in [0.05, 0.1) is 0 Å². The highest BCUT2D eigenvalue weighted by atomic mass is 16.5. The Morgan fingerprint density at radius 1 is 0.829 bits per heavy atom. The zero-order valence-corrected chi connectivity index (χ0v) is 21.0. The molecule has 4 rings (SSSR count). The number of amides is 2. The molecule has 1 aliphatic carbocycles. The number of rotatable bonds is 6. The van der Waals surface area contributed by atoms with Crippen molar-refractivity contribution in [2.75, 3.05) is 10.6 Å². The molecule has 0 fully saturated rings. The molecule has 0 spiro atoms. The third kappa shape index (κ3) is 6.30. The number of benzene rings is 3. The van der Waals surface area contributed by atoms with Gasteiger partial charge >= 0.3 is 0 Å². The van der Waals surface area contributed by atoms with Gasteiger partial charge in [-0.1, -0.05) is 45.0 Å². The third-order valence-electron chi connectivity index (χ3n) is 6.40. The molecule has 3 aromatic rings. The molecule has 0 aliphatic heterocycles. The summed E-state index contributed by atoms with van der Waals surface area (Å²) in [7, 11) is 0. The van der Waals surface area contributed by atoms with Gasteiger partial charge in [0.25, 0.3) is 11.8 Å². The van der Waals surface area contributed by atoms with E-state index in [2.05, 4.69) is 43.5 Å². The smallest absolute Gasteiger partial charge is 0.265 e. The maximum absolute atomic E-state index is 12.7. The van der Waals surface area contributed by atoms with Crippen LogP contribution in [-0.2, 0) is 23.1 Å². The average Bonchev–Trinajstić information content (AvgIpc) is 2.83. The fraction of sp³-hybridized carbons (Fsp3) is 0.333. The van der Waals surface area contributed by atoms with Gasteiger partial charge in [-0.25, -0.2) is 0 Å². The Morgan fingerprint density at radius 2 is 1.49 bits per heavy atom. The van der Waals surface area contributed by atoms with Gasteiger partial charge in [0.15, 0.2) is 6.10 Å². The number of hydrogen-bond acceptors (Lipinski definition) is 3. The molecule has 0 bridgehead atoms. The molecule has 0 aromatic heterocycles. The van der Waals surface area contributed by atoms with Crippen molar-refractivity contribution in [3.05, 3.63) is 89.0 Å². The Balaban J connectivity index is 1.36. The first-order chi connectivity index (χ1) is 16.7. The van der Waals surface area contributed by atoms with E-state index in [1.165, 1.54) is 29.5 Å². The van der Waals surface area contributed by atoms with Gasteiger partial charge < -0.3 is 15.4 Å². The van der Waals surface area contributed by atoms with Crippen LogP contribution in [0.3, 0.4) is 0 Å². The maximum Gasteiger partial charge on any atom is 0.265 e. The molecule has 0 heterocycles. The Labute approximate surface area is 207 Å². The monoisotopic (exact) mass is 470 g/mol. The summed E-state index contributed by atoms with van der Waals surface area (Å²) in [5.41, 5.74) is 5.68. The lowest BCUT2D eigenvalue weighted by Gasteiger charge is -2.19. The molecule has 0 unspecified atom stereocenters. The second-order valence-corrected chi connectivity index (χ2v) is 10.2. The van der Waals surface area contributed by atoms with Crippen LogP contribution in [0.2, 0.25) is 0 Å². The summed E-state index contributed by atoms with van der Waals surface area (Å²) in [6.45, 7) is 8.16. The van der Waals surface area contributed by atoms with Gasteiger partial charge in [-0.15, -0.1) is 0 Å². The number of carbonyl (C=O) groups is 2. The van der Waals surface area contributed by atoms with Crippen LogP contribution in [0.4, 0.5) is 11.4 Å². The van der Waals surface area contributed by atoms with E-state index >= 15 is 0 Å². The highest BCUT2D eigenvalue weighted by molar-refractivity contribution is 6.04. The van der Waals surface area contributed by atoms with Gasteiger partial charge in [-0.2, -0.15) is 0 Å². The fourth-order valence-electron chi connectivity index (χ4n) is 4.28. The van der Waals surface area contributed by atoms with Crippen molar-refractivity contribution >= 4 is 23.2 Å². The van der Waals surface area contributed by atoms with Crippen LogP contribution in [0.1, 0.15) is 67.6 Å². The minimum atomic E-state index is -0.656. The van der Waals surface area contributed by atoms with Gasteiger partial charge in [0, 0.05) is 16.9 Å². The number of fused-ring (bicyclic) bond motifs is 1. The molecular formula is C30H34N2O3. The summed E-state index contributed by atoms with van der Waals surface area (Å²) in [6.07, 6.45) is 3.94. The molecule has 5 heteroatoms. The average molecular weight is 471 g/mol. The van der Waals surface area contributed by atoms with Crippen molar-refractivity contribution in [3.63, 3.8) is 0 Å². The number of aryl methyl sites for hydroxylation is 2. The van der Waals surface area contributed by atoms with Gasteiger partial charge in [0.1, 0.15) is 5.75 Å². The summed E-state index contributed by atoms with van der Waals surface area (Å²) in [4.78, 5) is 25.5. The molecule has 182 valence electrons. The van der Waals surface area contributed by atoms with E-state index < -0.39 is 6.10 Å². The molecule has 2 amide bonds. The number of carbonyl (C=O) groups excluding carboxylic acids is 2.